The number of likely N-dealkylation sites (tertiary alicyclic amines) is 1. The van der Waals surface area contributed by atoms with Crippen LogP contribution < -0.4 is 10.5 Å². The Balaban J connectivity index is 1.20. The van der Waals surface area contributed by atoms with Gasteiger partial charge in [-0.15, -0.1) is 0 Å². The SMILES string of the molecule is CN1C[C@H](C(=O)N2CCN(c3cccc(=O)n3C)CC2)C[C@@H]2c3cccc4[nH]c(Cl)c(c34)C[C@H]21. The number of aromatic nitrogens is 2. The molecule has 2 fully saturated rings. The molecule has 1 aromatic carbocycles. The smallest absolute Gasteiger partial charge is 0.251 e. The van der Waals surface area contributed by atoms with Crippen molar-refractivity contribution in [3.63, 3.8) is 0 Å². The number of amides is 1. The Morgan fingerprint density at radius 1 is 1.06 bits per heavy atom. The molecule has 2 saturated heterocycles. The van der Waals surface area contributed by atoms with Crippen molar-refractivity contribution in [2.75, 3.05) is 44.7 Å². The Bertz CT molecular complexity index is 1320. The highest BCUT2D eigenvalue weighted by atomic mass is 35.5. The van der Waals surface area contributed by atoms with Gasteiger partial charge in [-0.3, -0.25) is 14.2 Å². The van der Waals surface area contributed by atoms with Crippen LogP contribution in [0.3, 0.4) is 0 Å². The van der Waals surface area contributed by atoms with E-state index in [-0.39, 0.29) is 17.4 Å². The first-order valence-corrected chi connectivity index (χ1v) is 12.5. The topological polar surface area (TPSA) is 64.6 Å². The zero-order valence-corrected chi connectivity index (χ0v) is 20.4. The van der Waals surface area contributed by atoms with Gasteiger partial charge in [-0.05, 0) is 43.1 Å². The number of anilines is 1. The number of rotatable bonds is 2. The van der Waals surface area contributed by atoms with Crippen molar-refractivity contribution < 1.29 is 4.79 Å². The lowest BCUT2D eigenvalue weighted by Gasteiger charge is -2.46. The Labute approximate surface area is 203 Å². The number of carbonyl (C=O) groups is 1. The van der Waals surface area contributed by atoms with E-state index in [1.165, 1.54) is 16.5 Å². The van der Waals surface area contributed by atoms with Crippen LogP contribution in [0.2, 0.25) is 5.15 Å². The molecule has 34 heavy (non-hydrogen) atoms. The van der Waals surface area contributed by atoms with Gasteiger partial charge in [0.05, 0.1) is 5.92 Å². The molecule has 3 atom stereocenters. The number of nitrogens with zero attached hydrogens (tertiary/aromatic N) is 4. The minimum atomic E-state index is -0.00917. The van der Waals surface area contributed by atoms with E-state index in [0.29, 0.717) is 25.0 Å². The molecular formula is C26H30ClN5O2. The standard InChI is InChI=1S/C26H30ClN5O2/c1-29-15-16(13-18-17-5-3-6-20-24(17)19(14-21(18)29)25(27)28-20)26(34)32-11-9-31(10-12-32)22-7-4-8-23(33)30(22)2/h3-8,16,18,21,28H,9-15H2,1-2H3/t16-,18-,21-/m1/s1. The minimum absolute atomic E-state index is 0.00910. The highest BCUT2D eigenvalue weighted by Crippen LogP contribution is 2.46. The number of likely N-dealkylation sites (N-methyl/N-ethyl adjacent to an activating group) is 1. The van der Waals surface area contributed by atoms with Crippen molar-refractivity contribution in [1.29, 1.82) is 0 Å². The first-order valence-electron chi connectivity index (χ1n) is 12.1. The third kappa shape index (κ3) is 3.36. The summed E-state index contributed by atoms with van der Waals surface area (Å²) >= 11 is 6.55. The van der Waals surface area contributed by atoms with Crippen molar-refractivity contribution in [3.8, 4) is 0 Å². The van der Waals surface area contributed by atoms with Gasteiger partial charge in [0.1, 0.15) is 11.0 Å². The summed E-state index contributed by atoms with van der Waals surface area (Å²) in [6.45, 7) is 3.62. The fourth-order valence-electron chi connectivity index (χ4n) is 6.45. The highest BCUT2D eigenvalue weighted by molar-refractivity contribution is 6.32. The number of piperidine rings is 1. The van der Waals surface area contributed by atoms with Gasteiger partial charge in [-0.25, -0.2) is 0 Å². The Morgan fingerprint density at radius 2 is 1.82 bits per heavy atom. The van der Waals surface area contributed by atoms with Crippen LogP contribution in [0.25, 0.3) is 10.9 Å². The average molecular weight is 480 g/mol. The number of benzene rings is 1. The summed E-state index contributed by atoms with van der Waals surface area (Å²) in [6.07, 6.45) is 1.80. The highest BCUT2D eigenvalue weighted by Gasteiger charge is 2.43. The second-order valence-electron chi connectivity index (χ2n) is 10.0. The quantitative estimate of drug-likeness (QED) is 0.614. The van der Waals surface area contributed by atoms with E-state index in [1.807, 2.05) is 11.0 Å². The van der Waals surface area contributed by atoms with Crippen molar-refractivity contribution in [2.45, 2.75) is 24.8 Å². The molecule has 2 aromatic heterocycles. The van der Waals surface area contributed by atoms with E-state index in [0.717, 1.165) is 49.0 Å². The van der Waals surface area contributed by atoms with E-state index >= 15 is 0 Å². The van der Waals surface area contributed by atoms with E-state index < -0.39 is 0 Å². The summed E-state index contributed by atoms with van der Waals surface area (Å²) in [5.41, 5.74) is 3.63. The van der Waals surface area contributed by atoms with E-state index in [1.54, 1.807) is 23.7 Å². The van der Waals surface area contributed by atoms with Gasteiger partial charge in [0.15, 0.2) is 0 Å². The molecule has 0 radical (unpaired) electrons. The van der Waals surface area contributed by atoms with E-state index in [9.17, 15) is 9.59 Å². The lowest BCUT2D eigenvalue weighted by atomic mass is 9.72. The van der Waals surface area contributed by atoms with Gasteiger partial charge in [-0.1, -0.05) is 29.8 Å². The normalized spacial score (nSPS) is 25.0. The maximum atomic E-state index is 13.6. The fraction of sp³-hybridized carbons (Fsp3) is 0.462. The summed E-state index contributed by atoms with van der Waals surface area (Å²) in [4.78, 5) is 35.6. The monoisotopic (exact) mass is 479 g/mol. The zero-order chi connectivity index (χ0) is 23.6. The number of fused-ring (bicyclic) bond motifs is 2. The van der Waals surface area contributed by atoms with Gasteiger partial charge in [0.25, 0.3) is 5.56 Å². The number of H-pyrrole nitrogens is 1. The minimum Gasteiger partial charge on any atom is -0.354 e. The maximum Gasteiger partial charge on any atom is 0.251 e. The number of hydrogen-bond acceptors (Lipinski definition) is 4. The number of pyridine rings is 1. The molecule has 6 rings (SSSR count). The number of halogens is 1. The average Bonchev–Trinajstić information content (AvgIpc) is 3.17. The molecule has 1 N–H and O–H groups in total. The molecule has 1 aliphatic carbocycles. The molecular weight excluding hydrogens is 450 g/mol. The van der Waals surface area contributed by atoms with Crippen molar-refractivity contribution in [3.05, 3.63) is 63.0 Å². The lowest BCUT2D eigenvalue weighted by molar-refractivity contribution is -0.138. The first kappa shape index (κ1) is 21.7. The van der Waals surface area contributed by atoms with Crippen molar-refractivity contribution >= 4 is 34.2 Å². The summed E-state index contributed by atoms with van der Waals surface area (Å²) in [6, 6.07) is 12.1. The number of hydrogen-bond donors (Lipinski definition) is 1. The molecule has 4 heterocycles. The largest absolute Gasteiger partial charge is 0.354 e. The molecule has 0 saturated carbocycles. The Morgan fingerprint density at radius 3 is 2.62 bits per heavy atom. The van der Waals surface area contributed by atoms with Gasteiger partial charge < -0.3 is 19.7 Å². The molecule has 2 aliphatic heterocycles. The van der Waals surface area contributed by atoms with E-state index in [2.05, 4.69) is 40.0 Å². The number of nitrogens with one attached hydrogen (secondary N) is 1. The van der Waals surface area contributed by atoms with Gasteiger partial charge in [0.2, 0.25) is 5.91 Å². The van der Waals surface area contributed by atoms with Crippen LogP contribution in [0.1, 0.15) is 23.5 Å². The van der Waals surface area contributed by atoms with Gasteiger partial charge in [0, 0.05) is 68.7 Å². The molecule has 7 nitrogen and oxygen atoms in total. The van der Waals surface area contributed by atoms with Gasteiger partial charge >= 0.3 is 0 Å². The maximum absolute atomic E-state index is 13.6. The van der Waals surface area contributed by atoms with Crippen molar-refractivity contribution in [1.82, 2.24) is 19.4 Å². The summed E-state index contributed by atoms with van der Waals surface area (Å²) in [5, 5.41) is 2.01. The molecule has 3 aliphatic rings. The summed E-state index contributed by atoms with van der Waals surface area (Å²) in [7, 11) is 3.95. The van der Waals surface area contributed by atoms with Crippen LogP contribution in [0.4, 0.5) is 5.82 Å². The second-order valence-corrected chi connectivity index (χ2v) is 10.4. The van der Waals surface area contributed by atoms with Crippen LogP contribution in [-0.2, 0) is 18.3 Å². The third-order valence-electron chi connectivity index (χ3n) is 8.22. The molecule has 0 bridgehead atoms. The van der Waals surface area contributed by atoms with Gasteiger partial charge in [-0.2, -0.15) is 0 Å². The zero-order valence-electron chi connectivity index (χ0n) is 19.6. The van der Waals surface area contributed by atoms with Crippen LogP contribution >= 0.6 is 11.6 Å². The predicted octanol–water partition coefficient (Wildman–Crippen LogP) is 2.83. The number of carbonyl (C=O) groups excluding carboxylic acids is 1. The Kier molecular flexibility index (Phi) is 5.22. The fourth-order valence-corrected chi connectivity index (χ4v) is 6.72. The summed E-state index contributed by atoms with van der Waals surface area (Å²) in [5.74, 6) is 1.49. The van der Waals surface area contributed by atoms with Crippen molar-refractivity contribution in [2.24, 2.45) is 13.0 Å². The first-order chi connectivity index (χ1) is 16.4. The van der Waals surface area contributed by atoms with E-state index in [4.69, 9.17) is 11.6 Å². The Hall–Kier alpha value is -2.77. The summed E-state index contributed by atoms with van der Waals surface area (Å²) < 4.78 is 1.68. The van der Waals surface area contributed by atoms with Crippen LogP contribution in [-0.4, -0.2) is 71.1 Å². The molecule has 1 amide bonds. The molecule has 0 unspecified atom stereocenters. The lowest BCUT2D eigenvalue weighted by Crippen LogP contribution is -2.55. The van der Waals surface area contributed by atoms with Crippen LogP contribution in [0.5, 0.6) is 0 Å². The second kappa shape index (κ2) is 8.17. The predicted molar refractivity (Wildman–Crippen MR) is 135 cm³/mol. The molecule has 8 heteroatoms. The third-order valence-corrected chi connectivity index (χ3v) is 8.54. The van der Waals surface area contributed by atoms with Crippen LogP contribution in [0.15, 0.2) is 41.2 Å². The number of piperazine rings is 1. The van der Waals surface area contributed by atoms with Crippen LogP contribution in [0, 0.1) is 5.92 Å². The molecule has 3 aromatic rings. The molecule has 178 valence electrons. The number of aromatic amines is 1. The molecule has 0 spiro atoms.